The van der Waals surface area contributed by atoms with E-state index in [9.17, 15) is 39.6 Å². The van der Waals surface area contributed by atoms with Crippen molar-refractivity contribution in [2.45, 2.75) is 107 Å². The smallest absolute Gasteiger partial charge is 0.303 e. The summed E-state index contributed by atoms with van der Waals surface area (Å²) in [6.45, 7) is 32.1. The van der Waals surface area contributed by atoms with Crippen molar-refractivity contribution in [3.63, 3.8) is 0 Å². The Labute approximate surface area is 519 Å². The van der Waals surface area contributed by atoms with Gasteiger partial charge in [0.2, 0.25) is 0 Å². The Morgan fingerprint density at radius 2 is 0.640 bits per heavy atom. The summed E-state index contributed by atoms with van der Waals surface area (Å²) in [6.07, 6.45) is 8.44. The largest absolute Gasteiger partial charge is 0.481 e. The number of fused-ring (bicyclic) bond motifs is 16. The van der Waals surface area contributed by atoms with Gasteiger partial charge in [0.15, 0.2) is 0 Å². The van der Waals surface area contributed by atoms with Crippen molar-refractivity contribution >= 4 is 125 Å². The predicted octanol–water partition coefficient (Wildman–Crippen LogP) is 15.0. The minimum Gasteiger partial charge on any atom is -0.481 e. The Hall–Kier alpha value is -8.91. The molecule has 10 rings (SSSR count). The van der Waals surface area contributed by atoms with Crippen LogP contribution in [-0.2, 0) is 66.4 Å². The van der Waals surface area contributed by atoms with Gasteiger partial charge in [0, 0.05) is 127 Å². The third kappa shape index (κ3) is 12.9. The Kier molecular flexibility index (Phi) is 20.0. The molecule has 4 aliphatic rings. The number of hydrogen-bond donors (Lipinski definition) is 8. The van der Waals surface area contributed by atoms with Gasteiger partial charge in [0.1, 0.15) is 0 Å². The second kappa shape index (κ2) is 26.6. The van der Waals surface area contributed by atoms with Gasteiger partial charge >= 0.3 is 23.9 Å². The van der Waals surface area contributed by atoms with Gasteiger partial charge in [-0.15, -0.1) is 0 Å². The van der Waals surface area contributed by atoms with Gasteiger partial charge in [-0.1, -0.05) is 50.6 Å². The second-order valence-electron chi connectivity index (χ2n) is 21.5. The van der Waals surface area contributed by atoms with E-state index in [-0.39, 0.29) is 60.1 Å². The zero-order chi connectivity index (χ0) is 60.6. The number of carbonyl (C=O) groups is 4. The molecule has 1 radical (unpaired) electrons. The molecule has 8 N–H and O–H groups in total. The molecule has 0 aliphatic carbocycles. The van der Waals surface area contributed by atoms with Crippen LogP contribution in [0.25, 0.3) is 101 Å². The maximum atomic E-state index is 11.5. The molecule has 0 aromatic carbocycles. The van der Waals surface area contributed by atoms with Crippen LogP contribution in [0.3, 0.4) is 0 Å². The summed E-state index contributed by atoms with van der Waals surface area (Å²) in [5, 5.41) is 37.8. The van der Waals surface area contributed by atoms with E-state index in [4.69, 9.17) is 19.9 Å². The fraction of sp³-hybridized carbons (Fsp3) is 0.235. The zero-order valence-corrected chi connectivity index (χ0v) is 51.9. The molecule has 16 bridgehead atoms. The minimum atomic E-state index is -0.883. The van der Waals surface area contributed by atoms with Gasteiger partial charge in [-0.3, -0.25) is 19.2 Å². The van der Waals surface area contributed by atoms with Crippen LogP contribution in [0.15, 0.2) is 87.0 Å². The minimum absolute atomic E-state index is 0. The molecule has 0 spiro atoms. The van der Waals surface area contributed by atoms with E-state index >= 15 is 0 Å². The second-order valence-corrected chi connectivity index (χ2v) is 21.5. The standard InChI is InChI=1S/2C34H34N4O4.Cr.Mn/c2*1-7-21-17(3)25-13-26-19(5)23(9-11-33(39)40)31(37-26)16-32-24(10-12-34(41)42)20(6)28(38-32)15-30-22(8-2)18(4)27(36-30)14-29(21)35-25;;/h2*7-8,13-16,35,38H,1-2,9-12H2,3-6H3,(H,39,40)(H,41,42);;. The molecule has 86 heavy (non-hydrogen) atoms. The van der Waals surface area contributed by atoms with Crippen LogP contribution in [0.4, 0.5) is 0 Å². The molecular weight excluding hydrogens is 1160 g/mol. The van der Waals surface area contributed by atoms with E-state index in [0.29, 0.717) is 37.1 Å². The quantitative estimate of drug-likeness (QED) is 0.0421. The Morgan fingerprint density at radius 1 is 0.372 bits per heavy atom. The number of nitrogens with one attached hydrogen (secondary N) is 4. The number of hydrogen-bond acceptors (Lipinski definition) is 8. The number of carboxylic acids is 4. The summed E-state index contributed by atoms with van der Waals surface area (Å²) < 4.78 is 0. The number of carboxylic acid groups (broad SMARTS) is 4. The van der Waals surface area contributed by atoms with E-state index in [2.05, 4.69) is 46.3 Å². The van der Waals surface area contributed by atoms with Crippen LogP contribution in [0.5, 0.6) is 0 Å². The van der Waals surface area contributed by atoms with Gasteiger partial charge < -0.3 is 40.4 Å². The van der Waals surface area contributed by atoms with E-state index in [1.54, 1.807) is 12.2 Å². The average Bonchev–Trinajstić information content (AvgIpc) is 1.78. The number of H-pyrrole nitrogens is 4. The summed E-state index contributed by atoms with van der Waals surface area (Å²) in [5.41, 5.74) is 27.4. The SMILES string of the molecule is C=CC1=C(C)c2cc3[nH]c(cc4nc(cc5[nH]c(cc1n2)c(C)c5CCC(=O)O)C(CCC(=O)O)=C4C)c(C)c3C=C.C=CC1=C(C)c2cc3[nH]c(cc4nc(cc5[nH]c(cc1n2)c(C)c5CCC(=O)O)C(CCC(=O)O)=C4C)c(C)c3C=C.[Cr].[Mn]. The first-order valence-electron chi connectivity index (χ1n) is 27.7. The first kappa shape index (κ1) is 64.7. The maximum absolute atomic E-state index is 11.5. The van der Waals surface area contributed by atoms with Crippen LogP contribution in [0.2, 0.25) is 0 Å². The number of aromatic amines is 4. The van der Waals surface area contributed by atoms with Crippen LogP contribution in [0, 0.1) is 27.7 Å². The topological polar surface area (TPSA) is 264 Å². The molecular formula is C68H68CrMnN8O8. The van der Waals surface area contributed by atoms with Crippen molar-refractivity contribution in [3.8, 4) is 0 Å². The van der Waals surface area contributed by atoms with Crippen molar-refractivity contribution in [2.24, 2.45) is 0 Å². The van der Waals surface area contributed by atoms with Crippen LogP contribution in [-0.4, -0.2) is 84.2 Å². The van der Waals surface area contributed by atoms with E-state index < -0.39 is 23.9 Å². The predicted molar refractivity (Wildman–Crippen MR) is 337 cm³/mol. The van der Waals surface area contributed by atoms with E-state index in [1.165, 1.54) is 0 Å². The molecule has 0 fully saturated rings. The van der Waals surface area contributed by atoms with Crippen molar-refractivity contribution < 1.29 is 74.0 Å². The summed E-state index contributed by atoms with van der Waals surface area (Å²) in [4.78, 5) is 80.0. The summed E-state index contributed by atoms with van der Waals surface area (Å²) in [6, 6.07) is 15.8. The zero-order valence-electron chi connectivity index (χ0n) is 49.4. The van der Waals surface area contributed by atoms with Crippen molar-refractivity contribution in [3.05, 3.63) is 177 Å². The molecule has 0 saturated carbocycles. The number of nitrogens with zero attached hydrogens (tertiary/aromatic N) is 4. The van der Waals surface area contributed by atoms with Gasteiger partial charge in [-0.25, -0.2) is 19.9 Å². The van der Waals surface area contributed by atoms with Gasteiger partial charge in [0.25, 0.3) is 0 Å². The first-order valence-corrected chi connectivity index (χ1v) is 27.7. The molecule has 18 heteroatoms. The van der Waals surface area contributed by atoms with Crippen molar-refractivity contribution in [1.82, 2.24) is 39.9 Å². The van der Waals surface area contributed by atoms with Crippen LogP contribution < -0.4 is 0 Å². The third-order valence-corrected chi connectivity index (χ3v) is 16.4. The molecule has 0 saturated heterocycles. The molecule has 0 unspecified atom stereocenters. The van der Waals surface area contributed by atoms with Crippen LogP contribution in [0.1, 0.15) is 156 Å². The third-order valence-electron chi connectivity index (χ3n) is 16.4. The molecule has 441 valence electrons. The Morgan fingerprint density at radius 3 is 0.965 bits per heavy atom. The molecule has 10 heterocycles. The summed E-state index contributed by atoms with van der Waals surface area (Å²) in [5.74, 6) is -3.53. The van der Waals surface area contributed by atoms with Crippen molar-refractivity contribution in [2.75, 3.05) is 0 Å². The van der Waals surface area contributed by atoms with Gasteiger partial charge in [-0.2, -0.15) is 0 Å². The Balaban J connectivity index is 0.000000240. The molecule has 6 aromatic heterocycles. The normalized spacial score (nSPS) is 12.7. The average molecular weight is 1230 g/mol. The van der Waals surface area contributed by atoms with Crippen LogP contribution >= 0.6 is 0 Å². The Bertz CT molecular complexity index is 4130. The fourth-order valence-electron chi connectivity index (χ4n) is 11.5. The number of aromatic nitrogens is 8. The van der Waals surface area contributed by atoms with Gasteiger partial charge in [-0.05, 0) is 196 Å². The van der Waals surface area contributed by atoms with E-state index in [0.717, 1.165) is 167 Å². The molecule has 0 atom stereocenters. The monoisotopic (exact) mass is 1230 g/mol. The summed E-state index contributed by atoms with van der Waals surface area (Å²) in [7, 11) is 0. The molecule has 0 amide bonds. The van der Waals surface area contributed by atoms with Crippen molar-refractivity contribution in [1.29, 1.82) is 0 Å². The maximum Gasteiger partial charge on any atom is 0.303 e. The molecule has 16 nitrogen and oxygen atoms in total. The first-order chi connectivity index (χ1) is 40.0. The number of aryl methyl sites for hydroxylation is 6. The molecule has 4 aliphatic heterocycles. The number of allylic oxidation sites excluding steroid dienone is 10. The van der Waals surface area contributed by atoms with Gasteiger partial charge in [0.05, 0.1) is 45.6 Å². The summed E-state index contributed by atoms with van der Waals surface area (Å²) >= 11 is 0. The number of rotatable bonds is 16. The fourth-order valence-corrected chi connectivity index (χ4v) is 11.5. The number of aliphatic carboxylic acids is 4. The van der Waals surface area contributed by atoms with E-state index in [1.807, 2.05) is 116 Å². The molecule has 6 aromatic rings.